The topological polar surface area (TPSA) is 80.8 Å². The number of methoxy groups -OCH3 is 1. The Bertz CT molecular complexity index is 1000. The number of carbonyl (C=O) groups excluding carboxylic acids is 2. The van der Waals surface area contributed by atoms with E-state index in [1.54, 1.807) is 36.0 Å². The molecule has 0 amide bonds. The molecule has 1 heterocycles. The first kappa shape index (κ1) is 21.5. The summed E-state index contributed by atoms with van der Waals surface area (Å²) in [5.74, 6) is -1.18. The molecule has 0 aromatic heterocycles. The number of piperidine rings is 1. The summed E-state index contributed by atoms with van der Waals surface area (Å²) in [6.07, 6.45) is 3.18. The Kier molecular flexibility index (Phi) is 6.77. The van der Waals surface area contributed by atoms with E-state index >= 15 is 0 Å². The molecule has 29 heavy (non-hydrogen) atoms. The van der Waals surface area contributed by atoms with E-state index in [1.807, 2.05) is 18.4 Å². The second kappa shape index (κ2) is 9.11. The predicted octanol–water partition coefficient (Wildman–Crippen LogP) is 3.48. The van der Waals surface area contributed by atoms with Crippen molar-refractivity contribution in [3.63, 3.8) is 0 Å². The van der Waals surface area contributed by atoms with Crippen molar-refractivity contribution in [1.29, 1.82) is 0 Å². The van der Waals surface area contributed by atoms with Crippen LogP contribution in [0.5, 0.6) is 0 Å². The number of esters is 1. The average molecular weight is 434 g/mol. The van der Waals surface area contributed by atoms with Crippen molar-refractivity contribution in [3.8, 4) is 0 Å². The Morgan fingerprint density at radius 2 is 1.79 bits per heavy atom. The van der Waals surface area contributed by atoms with Crippen molar-refractivity contribution < 1.29 is 22.7 Å². The number of benzene rings is 2. The van der Waals surface area contributed by atoms with Gasteiger partial charge in [-0.2, -0.15) is 4.31 Å². The Morgan fingerprint density at radius 3 is 2.45 bits per heavy atom. The zero-order chi connectivity index (χ0) is 21.0. The number of ether oxygens (including phenoxy) is 1. The molecule has 1 atom stereocenters. The van der Waals surface area contributed by atoms with Crippen LogP contribution in [0.3, 0.4) is 0 Å². The van der Waals surface area contributed by atoms with Crippen LogP contribution in [0.2, 0.25) is 0 Å². The monoisotopic (exact) mass is 433 g/mol. The van der Waals surface area contributed by atoms with Gasteiger partial charge in [-0.1, -0.05) is 24.3 Å². The molecule has 8 heteroatoms. The summed E-state index contributed by atoms with van der Waals surface area (Å²) < 4.78 is 32.5. The number of hydrogen-bond acceptors (Lipinski definition) is 6. The first-order valence-corrected chi connectivity index (χ1v) is 11.9. The lowest BCUT2D eigenvalue weighted by molar-refractivity contribution is 0.0595. The van der Waals surface area contributed by atoms with Crippen molar-refractivity contribution in [2.45, 2.75) is 22.6 Å². The average Bonchev–Trinajstić information content (AvgIpc) is 2.78. The van der Waals surface area contributed by atoms with Gasteiger partial charge in [0.2, 0.25) is 10.0 Å². The molecule has 3 rings (SSSR count). The minimum atomic E-state index is -3.93. The molecule has 0 radical (unpaired) electrons. The normalized spacial score (nSPS) is 17.7. The van der Waals surface area contributed by atoms with Gasteiger partial charge in [0.1, 0.15) is 0 Å². The lowest BCUT2D eigenvalue weighted by atomic mass is 9.91. The highest BCUT2D eigenvalue weighted by Gasteiger charge is 2.35. The maximum Gasteiger partial charge on any atom is 0.339 e. The Morgan fingerprint density at radius 1 is 1.10 bits per heavy atom. The van der Waals surface area contributed by atoms with Gasteiger partial charge in [0.15, 0.2) is 5.78 Å². The molecule has 154 valence electrons. The summed E-state index contributed by atoms with van der Waals surface area (Å²) in [4.78, 5) is 25.9. The highest BCUT2D eigenvalue weighted by molar-refractivity contribution is 7.98. The molecular weight excluding hydrogens is 410 g/mol. The Hall–Kier alpha value is -2.16. The van der Waals surface area contributed by atoms with Crippen molar-refractivity contribution in [3.05, 3.63) is 59.7 Å². The van der Waals surface area contributed by atoms with Crippen LogP contribution in [0.15, 0.2) is 58.3 Å². The third-order valence-electron chi connectivity index (χ3n) is 5.04. The molecule has 0 aliphatic carbocycles. The number of sulfonamides is 1. The van der Waals surface area contributed by atoms with Crippen LogP contribution in [0, 0.1) is 5.92 Å². The summed E-state index contributed by atoms with van der Waals surface area (Å²) in [6.45, 7) is 0.411. The van der Waals surface area contributed by atoms with Crippen molar-refractivity contribution in [2.24, 2.45) is 5.92 Å². The van der Waals surface area contributed by atoms with Gasteiger partial charge in [0.05, 0.1) is 17.6 Å². The standard InChI is InChI=1S/C21H23NO5S2/c1-27-21(24)18-7-3-4-8-19(18)29(25,26)22-13-5-6-16(14-22)20(23)15-9-11-17(28-2)12-10-15/h3-4,7-12,16H,5-6,13-14H2,1-2H3/t16-/m0/s1. The van der Waals surface area contributed by atoms with Crippen LogP contribution >= 0.6 is 11.8 Å². The quantitative estimate of drug-likeness (QED) is 0.394. The highest BCUT2D eigenvalue weighted by Crippen LogP contribution is 2.28. The highest BCUT2D eigenvalue weighted by atomic mass is 32.2. The van der Waals surface area contributed by atoms with E-state index in [-0.39, 0.29) is 22.8 Å². The third kappa shape index (κ3) is 4.55. The number of thioether (sulfide) groups is 1. The molecule has 0 N–H and O–H groups in total. The second-order valence-corrected chi connectivity index (χ2v) is 9.57. The molecule has 0 bridgehead atoms. The molecular formula is C21H23NO5S2. The van der Waals surface area contributed by atoms with Gasteiger partial charge in [0.25, 0.3) is 0 Å². The van der Waals surface area contributed by atoms with Gasteiger partial charge in [-0.05, 0) is 43.4 Å². The van der Waals surface area contributed by atoms with Gasteiger partial charge in [-0.25, -0.2) is 13.2 Å². The van der Waals surface area contributed by atoms with Gasteiger partial charge in [0, 0.05) is 29.5 Å². The number of nitrogens with zero attached hydrogens (tertiary/aromatic N) is 1. The summed E-state index contributed by atoms with van der Waals surface area (Å²) >= 11 is 1.60. The minimum Gasteiger partial charge on any atom is -0.465 e. The zero-order valence-corrected chi connectivity index (χ0v) is 18.0. The van der Waals surface area contributed by atoms with Crippen LogP contribution in [-0.2, 0) is 14.8 Å². The van der Waals surface area contributed by atoms with Crippen LogP contribution < -0.4 is 0 Å². The number of rotatable bonds is 6. The first-order valence-electron chi connectivity index (χ1n) is 9.24. The molecule has 1 aliphatic heterocycles. The zero-order valence-electron chi connectivity index (χ0n) is 16.3. The number of ketones is 1. The molecule has 0 saturated carbocycles. The summed E-state index contributed by atoms with van der Waals surface area (Å²) in [5, 5.41) is 0. The molecule has 0 spiro atoms. The van der Waals surface area contributed by atoms with Crippen molar-refractivity contribution >= 4 is 33.5 Å². The van der Waals surface area contributed by atoms with E-state index in [1.165, 1.54) is 23.5 Å². The second-order valence-electron chi connectivity index (χ2n) is 6.78. The fraction of sp³-hybridized carbons (Fsp3) is 0.333. The fourth-order valence-corrected chi connectivity index (χ4v) is 5.59. The van der Waals surface area contributed by atoms with E-state index in [0.717, 1.165) is 4.90 Å². The molecule has 6 nitrogen and oxygen atoms in total. The fourth-order valence-electron chi connectivity index (χ4n) is 3.47. The third-order valence-corrected chi connectivity index (χ3v) is 7.71. The van der Waals surface area contributed by atoms with Crippen LogP contribution in [-0.4, -0.2) is 50.9 Å². The van der Waals surface area contributed by atoms with E-state index in [4.69, 9.17) is 4.74 Å². The largest absolute Gasteiger partial charge is 0.465 e. The summed E-state index contributed by atoms with van der Waals surface area (Å²) in [7, 11) is -2.72. The van der Waals surface area contributed by atoms with Crippen LogP contribution in [0.25, 0.3) is 0 Å². The molecule has 2 aromatic carbocycles. The van der Waals surface area contributed by atoms with Gasteiger partial charge in [-0.15, -0.1) is 11.8 Å². The van der Waals surface area contributed by atoms with Crippen molar-refractivity contribution in [1.82, 2.24) is 4.31 Å². The number of hydrogen-bond donors (Lipinski definition) is 0. The first-order chi connectivity index (χ1) is 13.9. The maximum atomic E-state index is 13.2. The van der Waals surface area contributed by atoms with Gasteiger partial charge >= 0.3 is 5.97 Å². The van der Waals surface area contributed by atoms with E-state index in [0.29, 0.717) is 24.9 Å². The summed E-state index contributed by atoms with van der Waals surface area (Å²) in [5.41, 5.74) is 0.582. The minimum absolute atomic E-state index is 0.00361. The number of Topliss-reactive ketones (excluding diaryl/α,β-unsaturated/α-hetero) is 1. The van der Waals surface area contributed by atoms with Crippen LogP contribution in [0.4, 0.5) is 0 Å². The van der Waals surface area contributed by atoms with Gasteiger partial charge in [-0.3, -0.25) is 4.79 Å². The summed E-state index contributed by atoms with van der Waals surface area (Å²) in [6, 6.07) is 13.3. The molecule has 0 unspecified atom stereocenters. The maximum absolute atomic E-state index is 13.2. The number of carbonyl (C=O) groups is 2. The molecule has 1 saturated heterocycles. The van der Waals surface area contributed by atoms with E-state index in [2.05, 4.69) is 0 Å². The van der Waals surface area contributed by atoms with Crippen molar-refractivity contribution in [2.75, 3.05) is 26.5 Å². The predicted molar refractivity (Wildman–Crippen MR) is 112 cm³/mol. The molecule has 1 aliphatic rings. The molecule has 2 aromatic rings. The lowest BCUT2D eigenvalue weighted by Gasteiger charge is -2.31. The molecule has 1 fully saturated rings. The van der Waals surface area contributed by atoms with Crippen LogP contribution in [0.1, 0.15) is 33.6 Å². The van der Waals surface area contributed by atoms with E-state index < -0.39 is 21.9 Å². The smallest absolute Gasteiger partial charge is 0.339 e. The Labute approximate surface area is 175 Å². The Balaban J connectivity index is 1.85. The van der Waals surface area contributed by atoms with E-state index in [9.17, 15) is 18.0 Å². The SMILES string of the molecule is COC(=O)c1ccccc1S(=O)(=O)N1CCC[C@H](C(=O)c2ccc(SC)cc2)C1. The lowest BCUT2D eigenvalue weighted by Crippen LogP contribution is -2.42. The van der Waals surface area contributed by atoms with Gasteiger partial charge < -0.3 is 4.74 Å².